The van der Waals surface area contributed by atoms with Crippen LogP contribution >= 0.6 is 0 Å². The number of aliphatic hydroxyl groups is 1. The Balaban J connectivity index is 1.63. The molecule has 0 spiro atoms. The van der Waals surface area contributed by atoms with Crippen LogP contribution in [-0.4, -0.2) is 23.4 Å². The molecule has 0 unspecified atom stereocenters. The highest BCUT2D eigenvalue weighted by Crippen LogP contribution is 2.66. The van der Waals surface area contributed by atoms with Gasteiger partial charge in [0.25, 0.3) is 0 Å². The lowest BCUT2D eigenvalue weighted by Crippen LogP contribution is -2.55. The highest BCUT2D eigenvalue weighted by Gasteiger charge is 2.61. The van der Waals surface area contributed by atoms with Gasteiger partial charge in [-0.15, -0.1) is 0 Å². The van der Waals surface area contributed by atoms with Gasteiger partial charge >= 0.3 is 0 Å². The summed E-state index contributed by atoms with van der Waals surface area (Å²) < 4.78 is 14.3. The second-order valence-corrected chi connectivity index (χ2v) is 9.41. The van der Waals surface area contributed by atoms with Crippen molar-refractivity contribution < 1.29 is 9.50 Å². The van der Waals surface area contributed by atoms with E-state index in [0.717, 1.165) is 31.6 Å². The third-order valence-corrected chi connectivity index (χ3v) is 8.71. The molecule has 22 heavy (non-hydrogen) atoms. The Morgan fingerprint density at radius 1 is 0.955 bits per heavy atom. The van der Waals surface area contributed by atoms with Crippen LogP contribution in [0.2, 0.25) is 0 Å². The standard InChI is InChI=1S/C19H32FNO/c1-18-7-5-12(22)9-11(18)3-4-13-14(18)6-8-19(2)15(13)10-16(20)17(19)21/h11-17,22H,3-10,21H2,1-2H3/t11-,12+,13-,14+,15+,16+,17+,18+,19+/m1/s1. The number of hydrogen-bond donors (Lipinski definition) is 2. The van der Waals surface area contributed by atoms with Crippen molar-refractivity contribution in [3.8, 4) is 0 Å². The van der Waals surface area contributed by atoms with Gasteiger partial charge in [-0.05, 0) is 85.9 Å². The topological polar surface area (TPSA) is 46.2 Å². The summed E-state index contributed by atoms with van der Waals surface area (Å²) in [5.74, 6) is 2.57. The molecule has 2 nitrogen and oxygen atoms in total. The van der Waals surface area contributed by atoms with Crippen LogP contribution in [0.3, 0.4) is 0 Å². The van der Waals surface area contributed by atoms with Crippen molar-refractivity contribution in [2.45, 2.75) is 83.5 Å². The molecule has 4 rings (SSSR count). The van der Waals surface area contributed by atoms with Crippen molar-refractivity contribution in [1.82, 2.24) is 0 Å². The van der Waals surface area contributed by atoms with E-state index in [9.17, 15) is 9.50 Å². The minimum Gasteiger partial charge on any atom is -0.393 e. The van der Waals surface area contributed by atoms with Gasteiger partial charge in [0, 0.05) is 6.04 Å². The molecule has 9 atom stereocenters. The van der Waals surface area contributed by atoms with Crippen LogP contribution in [-0.2, 0) is 0 Å². The van der Waals surface area contributed by atoms with Gasteiger partial charge in [-0.2, -0.15) is 0 Å². The van der Waals surface area contributed by atoms with E-state index in [-0.39, 0.29) is 17.6 Å². The second kappa shape index (κ2) is 4.92. The van der Waals surface area contributed by atoms with Crippen molar-refractivity contribution in [3.63, 3.8) is 0 Å². The zero-order chi connectivity index (χ0) is 15.7. The highest BCUT2D eigenvalue weighted by molar-refractivity contribution is 5.12. The molecule has 0 amide bonds. The molecule has 4 saturated carbocycles. The first-order valence-electron chi connectivity index (χ1n) is 9.44. The summed E-state index contributed by atoms with van der Waals surface area (Å²) in [6.07, 6.45) is 7.72. The Bertz CT molecular complexity index is 457. The fourth-order valence-electron chi connectivity index (χ4n) is 7.24. The molecule has 0 aromatic carbocycles. The van der Waals surface area contributed by atoms with Gasteiger partial charge in [0.2, 0.25) is 0 Å². The van der Waals surface area contributed by atoms with Crippen molar-refractivity contribution in [2.75, 3.05) is 0 Å². The van der Waals surface area contributed by atoms with Gasteiger partial charge in [0.05, 0.1) is 6.10 Å². The molecule has 4 aliphatic carbocycles. The number of halogens is 1. The van der Waals surface area contributed by atoms with Gasteiger partial charge in [0.1, 0.15) is 6.17 Å². The fourth-order valence-corrected chi connectivity index (χ4v) is 7.24. The van der Waals surface area contributed by atoms with Crippen LogP contribution < -0.4 is 5.73 Å². The Kier molecular flexibility index (Phi) is 3.44. The lowest BCUT2D eigenvalue weighted by molar-refractivity contribution is -0.122. The molecule has 0 radical (unpaired) electrons. The number of aliphatic hydroxyl groups excluding tert-OH is 1. The number of rotatable bonds is 0. The first-order valence-corrected chi connectivity index (χ1v) is 9.44. The van der Waals surface area contributed by atoms with E-state index >= 15 is 0 Å². The summed E-state index contributed by atoms with van der Waals surface area (Å²) in [6.45, 7) is 4.74. The maximum absolute atomic E-state index is 14.3. The lowest BCUT2D eigenvalue weighted by Gasteiger charge is -2.60. The van der Waals surface area contributed by atoms with Crippen molar-refractivity contribution in [3.05, 3.63) is 0 Å². The molecule has 4 aliphatic rings. The van der Waals surface area contributed by atoms with E-state index in [2.05, 4.69) is 13.8 Å². The summed E-state index contributed by atoms with van der Waals surface area (Å²) in [4.78, 5) is 0. The third kappa shape index (κ3) is 1.90. The maximum Gasteiger partial charge on any atom is 0.116 e. The average Bonchev–Trinajstić information content (AvgIpc) is 2.72. The quantitative estimate of drug-likeness (QED) is 0.717. The smallest absolute Gasteiger partial charge is 0.116 e. The molecule has 0 aromatic rings. The zero-order valence-electron chi connectivity index (χ0n) is 14.1. The van der Waals surface area contributed by atoms with Gasteiger partial charge in [-0.3, -0.25) is 0 Å². The minimum atomic E-state index is -0.799. The highest BCUT2D eigenvalue weighted by atomic mass is 19.1. The van der Waals surface area contributed by atoms with Gasteiger partial charge in [-0.25, -0.2) is 4.39 Å². The molecular weight excluding hydrogens is 277 g/mol. The van der Waals surface area contributed by atoms with Crippen LogP contribution in [0.25, 0.3) is 0 Å². The summed E-state index contributed by atoms with van der Waals surface area (Å²) in [5, 5.41) is 10.1. The largest absolute Gasteiger partial charge is 0.393 e. The fraction of sp³-hybridized carbons (Fsp3) is 1.00. The molecule has 0 bridgehead atoms. The summed E-state index contributed by atoms with van der Waals surface area (Å²) >= 11 is 0. The minimum absolute atomic E-state index is 0.0258. The predicted molar refractivity (Wildman–Crippen MR) is 86.0 cm³/mol. The maximum atomic E-state index is 14.3. The molecular formula is C19H32FNO. The predicted octanol–water partition coefficient (Wildman–Crippen LogP) is 3.67. The molecule has 3 N–H and O–H groups in total. The van der Waals surface area contributed by atoms with Crippen LogP contribution in [0.1, 0.15) is 65.2 Å². The summed E-state index contributed by atoms with van der Waals surface area (Å²) in [7, 11) is 0. The summed E-state index contributed by atoms with van der Waals surface area (Å²) in [6, 6.07) is -0.253. The van der Waals surface area contributed by atoms with Gasteiger partial charge < -0.3 is 10.8 Å². The molecule has 0 heterocycles. The van der Waals surface area contributed by atoms with Gasteiger partial charge in [0.15, 0.2) is 0 Å². The van der Waals surface area contributed by atoms with Crippen LogP contribution in [0.4, 0.5) is 4.39 Å². The Hall–Kier alpha value is -0.150. The van der Waals surface area contributed by atoms with E-state index < -0.39 is 6.17 Å². The first kappa shape index (κ1) is 15.4. The average molecular weight is 309 g/mol. The molecule has 0 aliphatic heterocycles. The normalized spacial score (nSPS) is 61.2. The third-order valence-electron chi connectivity index (χ3n) is 8.71. The van der Waals surface area contributed by atoms with Crippen molar-refractivity contribution in [2.24, 2.45) is 40.2 Å². The number of nitrogens with two attached hydrogens (primary N) is 1. The van der Waals surface area contributed by atoms with E-state index in [1.165, 1.54) is 19.3 Å². The molecule has 0 saturated heterocycles. The number of hydrogen-bond acceptors (Lipinski definition) is 2. The van der Waals surface area contributed by atoms with Crippen molar-refractivity contribution >= 4 is 0 Å². The van der Waals surface area contributed by atoms with E-state index in [1.807, 2.05) is 0 Å². The molecule has 4 fully saturated rings. The van der Waals surface area contributed by atoms with E-state index in [0.29, 0.717) is 29.6 Å². The van der Waals surface area contributed by atoms with Gasteiger partial charge in [-0.1, -0.05) is 13.8 Å². The SMILES string of the molecule is C[C@]12CC[C@H](O)C[C@H]1CC[C@@H]1[C@@H]2CC[C@]2(C)[C@@H](N)[C@@H](F)C[C@@H]12. The number of fused-ring (bicyclic) bond motifs is 5. The zero-order valence-corrected chi connectivity index (χ0v) is 14.1. The van der Waals surface area contributed by atoms with Crippen LogP contribution in [0.15, 0.2) is 0 Å². The van der Waals surface area contributed by atoms with Crippen LogP contribution in [0, 0.1) is 34.5 Å². The Labute approximate surface area is 134 Å². The molecule has 3 heteroatoms. The lowest BCUT2D eigenvalue weighted by atomic mass is 9.45. The monoisotopic (exact) mass is 309 g/mol. The molecule has 126 valence electrons. The first-order chi connectivity index (χ1) is 10.4. The Morgan fingerprint density at radius 2 is 1.68 bits per heavy atom. The summed E-state index contributed by atoms with van der Waals surface area (Å²) in [5.41, 5.74) is 6.67. The van der Waals surface area contributed by atoms with E-state index in [1.54, 1.807) is 0 Å². The second-order valence-electron chi connectivity index (χ2n) is 9.41. The van der Waals surface area contributed by atoms with Crippen molar-refractivity contribution in [1.29, 1.82) is 0 Å². The Morgan fingerprint density at radius 3 is 2.45 bits per heavy atom. The molecule has 0 aromatic heterocycles. The van der Waals surface area contributed by atoms with E-state index in [4.69, 9.17) is 5.73 Å². The number of alkyl halides is 1. The van der Waals surface area contributed by atoms with Crippen LogP contribution in [0.5, 0.6) is 0 Å².